The van der Waals surface area contributed by atoms with E-state index in [0.717, 1.165) is 18.4 Å². The van der Waals surface area contributed by atoms with E-state index < -0.39 is 0 Å². The van der Waals surface area contributed by atoms with Gasteiger partial charge >= 0.3 is 17.1 Å². The van der Waals surface area contributed by atoms with Gasteiger partial charge in [0.15, 0.2) is 5.78 Å². The number of benzene rings is 1. The fourth-order valence-electron chi connectivity index (χ4n) is 1.75. The van der Waals surface area contributed by atoms with Crippen LogP contribution in [0.4, 0.5) is 0 Å². The number of hydrogen-bond donors (Lipinski definition) is 0. The van der Waals surface area contributed by atoms with Gasteiger partial charge in [-0.15, -0.1) is 18.9 Å². The SMILES string of the molecule is O=C(/C=C/C1=CC[C-]=C1)c1ccc(Cl)cc1.[C-]1=CC=CC1.[Fe+2]. The molecule has 0 amide bonds. The summed E-state index contributed by atoms with van der Waals surface area (Å²) in [7, 11) is 0. The molecule has 0 atom stereocenters. The van der Waals surface area contributed by atoms with Gasteiger partial charge in [-0.25, -0.2) is 18.2 Å². The molecular weight excluding hydrogens is 336 g/mol. The minimum atomic E-state index is -0.0159. The van der Waals surface area contributed by atoms with E-state index in [-0.39, 0.29) is 22.9 Å². The molecule has 3 heteroatoms. The molecule has 1 nitrogen and oxygen atoms in total. The first-order chi connectivity index (χ1) is 10.3. The quantitative estimate of drug-likeness (QED) is 0.322. The van der Waals surface area contributed by atoms with Crippen molar-refractivity contribution in [2.45, 2.75) is 12.8 Å². The van der Waals surface area contributed by atoms with Crippen LogP contribution >= 0.6 is 11.6 Å². The van der Waals surface area contributed by atoms with Crippen LogP contribution in [-0.4, -0.2) is 5.78 Å². The van der Waals surface area contributed by atoms with Crippen LogP contribution in [0.1, 0.15) is 23.2 Å². The standard InChI is InChI=1S/C14H10ClO.C5H5.Fe/c15-13-8-6-12(7-9-13)14(16)10-5-11-3-1-2-4-11;1-2-4-5-3-1;/h3-10H,1H2;1-3H,4H2;/q2*-1;+2/b10-5+;;. The number of ketones is 1. The Kier molecular flexibility index (Phi) is 8.54. The molecule has 0 saturated carbocycles. The largest absolute Gasteiger partial charge is 2.00 e. The Morgan fingerprint density at radius 3 is 2.41 bits per heavy atom. The third kappa shape index (κ3) is 6.44. The van der Waals surface area contributed by atoms with Crippen molar-refractivity contribution < 1.29 is 21.9 Å². The first-order valence-corrected chi connectivity index (χ1v) is 7.10. The normalized spacial score (nSPS) is 14.5. The molecule has 3 rings (SSSR count). The molecule has 0 aliphatic heterocycles. The van der Waals surface area contributed by atoms with Crippen molar-refractivity contribution in [2.24, 2.45) is 0 Å². The third-order valence-electron chi connectivity index (χ3n) is 2.87. The maximum atomic E-state index is 11.7. The van der Waals surface area contributed by atoms with Crippen molar-refractivity contribution in [2.75, 3.05) is 0 Å². The molecule has 0 radical (unpaired) electrons. The Morgan fingerprint density at radius 1 is 1.14 bits per heavy atom. The molecule has 0 aromatic heterocycles. The molecule has 2 aliphatic rings. The Balaban J connectivity index is 0.000000344. The number of carbonyl (C=O) groups excluding carboxylic acids is 1. The second-order valence-corrected chi connectivity index (χ2v) is 4.90. The minimum Gasteiger partial charge on any atom is -0.289 e. The van der Waals surface area contributed by atoms with E-state index in [4.69, 9.17) is 11.6 Å². The van der Waals surface area contributed by atoms with Gasteiger partial charge in [0.1, 0.15) is 0 Å². The monoisotopic (exact) mass is 350 g/mol. The summed E-state index contributed by atoms with van der Waals surface area (Å²) in [6, 6.07) is 6.87. The summed E-state index contributed by atoms with van der Waals surface area (Å²) in [5.41, 5.74) is 1.68. The van der Waals surface area contributed by atoms with Crippen LogP contribution in [0.3, 0.4) is 0 Å². The Labute approximate surface area is 147 Å². The molecule has 0 heterocycles. The van der Waals surface area contributed by atoms with Gasteiger partial charge in [-0.2, -0.15) is 17.7 Å². The van der Waals surface area contributed by atoms with Crippen LogP contribution in [0.25, 0.3) is 0 Å². The van der Waals surface area contributed by atoms with Crippen LogP contribution in [0.2, 0.25) is 5.02 Å². The Hall–Kier alpha value is -1.60. The van der Waals surface area contributed by atoms with Crippen LogP contribution in [0.15, 0.2) is 72.4 Å². The fourth-order valence-corrected chi connectivity index (χ4v) is 1.88. The number of rotatable bonds is 3. The second-order valence-electron chi connectivity index (χ2n) is 4.46. The molecule has 0 unspecified atom stereocenters. The molecule has 22 heavy (non-hydrogen) atoms. The van der Waals surface area contributed by atoms with Gasteiger partial charge in [0.2, 0.25) is 0 Å². The van der Waals surface area contributed by atoms with Gasteiger partial charge < -0.3 is 0 Å². The van der Waals surface area contributed by atoms with Gasteiger partial charge in [0, 0.05) is 10.6 Å². The average molecular weight is 351 g/mol. The van der Waals surface area contributed by atoms with E-state index in [1.807, 2.05) is 24.3 Å². The van der Waals surface area contributed by atoms with E-state index in [0.29, 0.717) is 10.6 Å². The summed E-state index contributed by atoms with van der Waals surface area (Å²) in [5.74, 6) is -0.0159. The summed E-state index contributed by atoms with van der Waals surface area (Å²) in [6.45, 7) is 0. The number of allylic oxidation sites excluding steroid dienone is 10. The summed E-state index contributed by atoms with van der Waals surface area (Å²) in [5, 5.41) is 0.636. The fraction of sp³-hybridized carbons (Fsp3) is 0.105. The van der Waals surface area contributed by atoms with E-state index in [9.17, 15) is 4.79 Å². The van der Waals surface area contributed by atoms with E-state index in [2.05, 4.69) is 18.2 Å². The van der Waals surface area contributed by atoms with Gasteiger partial charge in [0.25, 0.3) is 0 Å². The summed E-state index contributed by atoms with van der Waals surface area (Å²) < 4.78 is 0. The molecule has 2 aliphatic carbocycles. The average Bonchev–Trinajstić information content (AvgIpc) is 3.21. The van der Waals surface area contributed by atoms with Crippen LogP contribution in [0.5, 0.6) is 0 Å². The number of halogens is 1. The predicted molar refractivity (Wildman–Crippen MR) is 87.0 cm³/mol. The molecule has 0 bridgehead atoms. The second kappa shape index (κ2) is 10.2. The van der Waals surface area contributed by atoms with Crippen LogP contribution in [-0.2, 0) is 17.1 Å². The van der Waals surface area contributed by atoms with Gasteiger partial charge in [-0.05, 0) is 30.3 Å². The van der Waals surface area contributed by atoms with Crippen molar-refractivity contribution >= 4 is 17.4 Å². The van der Waals surface area contributed by atoms with Crippen molar-refractivity contribution in [1.29, 1.82) is 0 Å². The van der Waals surface area contributed by atoms with Crippen molar-refractivity contribution in [3.05, 3.63) is 95.1 Å². The molecule has 112 valence electrons. The first-order valence-electron chi connectivity index (χ1n) is 6.72. The molecule has 0 N–H and O–H groups in total. The number of hydrogen-bond acceptors (Lipinski definition) is 1. The molecule has 0 fully saturated rings. The van der Waals surface area contributed by atoms with Gasteiger partial charge in [-0.1, -0.05) is 11.6 Å². The molecule has 0 saturated heterocycles. The molecule has 1 aromatic rings. The summed E-state index contributed by atoms with van der Waals surface area (Å²) in [6.07, 6.45) is 21.1. The van der Waals surface area contributed by atoms with Gasteiger partial charge in [-0.3, -0.25) is 16.9 Å². The molecule has 0 spiro atoms. The maximum Gasteiger partial charge on any atom is 2.00 e. The predicted octanol–water partition coefficient (Wildman–Crippen LogP) is 5.07. The topological polar surface area (TPSA) is 17.1 Å². The number of carbonyl (C=O) groups is 1. The van der Waals surface area contributed by atoms with Crippen LogP contribution in [0, 0.1) is 12.2 Å². The van der Waals surface area contributed by atoms with Crippen LogP contribution < -0.4 is 0 Å². The third-order valence-corrected chi connectivity index (χ3v) is 3.12. The minimum absolute atomic E-state index is 0. The van der Waals surface area contributed by atoms with Crippen molar-refractivity contribution in [1.82, 2.24) is 0 Å². The summed E-state index contributed by atoms with van der Waals surface area (Å²) in [4.78, 5) is 11.7. The first kappa shape index (κ1) is 18.4. The molecule has 1 aromatic carbocycles. The van der Waals surface area contributed by atoms with Crippen molar-refractivity contribution in [3.8, 4) is 0 Å². The maximum absolute atomic E-state index is 11.7. The summed E-state index contributed by atoms with van der Waals surface area (Å²) >= 11 is 5.75. The van der Waals surface area contributed by atoms with E-state index in [1.165, 1.54) is 0 Å². The molecular formula is C19H15ClFeO. The Morgan fingerprint density at radius 2 is 1.91 bits per heavy atom. The zero-order chi connectivity index (χ0) is 14.9. The van der Waals surface area contributed by atoms with Crippen molar-refractivity contribution in [3.63, 3.8) is 0 Å². The van der Waals surface area contributed by atoms with Gasteiger partial charge in [0.05, 0.1) is 0 Å². The zero-order valence-electron chi connectivity index (χ0n) is 11.9. The van der Waals surface area contributed by atoms with E-state index in [1.54, 1.807) is 36.4 Å². The zero-order valence-corrected chi connectivity index (χ0v) is 13.8. The smallest absolute Gasteiger partial charge is 0.289 e. The Bertz CT molecular complexity index is 624. The van der Waals surface area contributed by atoms with E-state index >= 15 is 0 Å².